The van der Waals surface area contributed by atoms with Crippen LogP contribution in [-0.2, 0) is 10.0 Å². The minimum absolute atomic E-state index is 0.0320. The normalized spacial score (nSPS) is 11.9. The van der Waals surface area contributed by atoms with Crippen molar-refractivity contribution in [2.75, 3.05) is 10.0 Å². The van der Waals surface area contributed by atoms with E-state index in [9.17, 15) is 18.0 Å². The van der Waals surface area contributed by atoms with Crippen LogP contribution in [0.3, 0.4) is 0 Å². The fraction of sp³-hybridized carbons (Fsp3) is 0.120. The molecule has 1 aromatic heterocycles. The number of para-hydroxylation sites is 1. The van der Waals surface area contributed by atoms with Crippen LogP contribution in [0.4, 0.5) is 10.8 Å². The Bertz CT molecular complexity index is 1500. The van der Waals surface area contributed by atoms with E-state index in [1.807, 2.05) is 50.2 Å². The number of amides is 2. The van der Waals surface area contributed by atoms with Crippen molar-refractivity contribution >= 4 is 44.0 Å². The lowest BCUT2D eigenvalue weighted by molar-refractivity contribution is 0.0940. The van der Waals surface area contributed by atoms with Crippen molar-refractivity contribution in [3.05, 3.63) is 101 Å². The van der Waals surface area contributed by atoms with Gasteiger partial charge in [0.1, 0.15) is 0 Å². The predicted molar refractivity (Wildman–Crippen MR) is 139 cm³/mol. The van der Waals surface area contributed by atoms with E-state index in [0.717, 1.165) is 11.1 Å². The minimum Gasteiger partial charge on any atom is -0.345 e. The van der Waals surface area contributed by atoms with Crippen molar-refractivity contribution in [3.63, 3.8) is 0 Å². The second-order valence-electron chi connectivity index (χ2n) is 7.95. The van der Waals surface area contributed by atoms with E-state index >= 15 is 0 Å². The molecule has 0 aliphatic heterocycles. The van der Waals surface area contributed by atoms with Crippen molar-refractivity contribution in [3.8, 4) is 0 Å². The second-order valence-corrected chi connectivity index (χ2v) is 10.8. The van der Waals surface area contributed by atoms with E-state index in [2.05, 4.69) is 25.6 Å². The zero-order valence-corrected chi connectivity index (χ0v) is 21.1. The zero-order valence-electron chi connectivity index (χ0n) is 19.4. The Kier molecular flexibility index (Phi) is 7.41. The van der Waals surface area contributed by atoms with Gasteiger partial charge in [0.2, 0.25) is 5.13 Å². The van der Waals surface area contributed by atoms with Crippen molar-refractivity contribution in [2.24, 2.45) is 0 Å². The van der Waals surface area contributed by atoms with Gasteiger partial charge in [-0.2, -0.15) is 8.42 Å². The molecule has 2 amide bonds. The fourth-order valence-electron chi connectivity index (χ4n) is 3.38. The third-order valence-electron chi connectivity index (χ3n) is 5.20. The highest BCUT2D eigenvalue weighted by Crippen LogP contribution is 2.25. The van der Waals surface area contributed by atoms with Crippen LogP contribution in [0.2, 0.25) is 0 Å². The summed E-state index contributed by atoms with van der Waals surface area (Å²) in [6.07, 6.45) is 0. The summed E-state index contributed by atoms with van der Waals surface area (Å²) < 4.78 is 28.0. The number of carbonyl (C=O) groups is 2. The monoisotopic (exact) mass is 521 g/mol. The summed E-state index contributed by atoms with van der Waals surface area (Å²) in [6.45, 7) is 3.70. The van der Waals surface area contributed by atoms with Gasteiger partial charge in [-0.25, -0.2) is 0 Å². The number of nitrogens with zero attached hydrogens (tertiary/aromatic N) is 2. The molecule has 0 fully saturated rings. The summed E-state index contributed by atoms with van der Waals surface area (Å²) in [6, 6.07) is 22.4. The first-order valence-electron chi connectivity index (χ1n) is 10.9. The molecule has 0 aliphatic rings. The number of carbonyl (C=O) groups excluding carboxylic acids is 2. The molecule has 4 aromatic rings. The average molecular weight is 522 g/mol. The molecule has 4 rings (SSSR count). The maximum absolute atomic E-state index is 13.0. The number of aromatic nitrogens is 2. The lowest BCUT2D eigenvalue weighted by Crippen LogP contribution is -2.28. The van der Waals surface area contributed by atoms with E-state index in [1.165, 1.54) is 12.1 Å². The summed E-state index contributed by atoms with van der Waals surface area (Å²) >= 11 is 0.703. The first-order chi connectivity index (χ1) is 17.2. The van der Waals surface area contributed by atoms with E-state index in [-0.39, 0.29) is 26.8 Å². The van der Waals surface area contributed by atoms with E-state index < -0.39 is 21.8 Å². The van der Waals surface area contributed by atoms with Gasteiger partial charge in [0.15, 0.2) is 0 Å². The van der Waals surface area contributed by atoms with Gasteiger partial charge >= 0.3 is 0 Å². The van der Waals surface area contributed by atoms with Gasteiger partial charge in [0.25, 0.3) is 26.2 Å². The summed E-state index contributed by atoms with van der Waals surface area (Å²) in [7, 11) is -4.17. The molecule has 3 aromatic carbocycles. The molecule has 1 atom stereocenters. The van der Waals surface area contributed by atoms with Crippen molar-refractivity contribution in [2.45, 2.75) is 24.2 Å². The number of hydrogen-bond acceptors (Lipinski definition) is 7. The third-order valence-corrected chi connectivity index (χ3v) is 7.77. The maximum atomic E-state index is 13.0. The Hall–Kier alpha value is -4.09. The summed E-state index contributed by atoms with van der Waals surface area (Å²) in [5.74, 6) is -0.866. The van der Waals surface area contributed by atoms with Gasteiger partial charge in [-0.05, 0) is 43.7 Å². The Morgan fingerprint density at radius 3 is 2.36 bits per heavy atom. The van der Waals surface area contributed by atoms with Crippen LogP contribution in [0.15, 0.2) is 83.2 Å². The Morgan fingerprint density at radius 2 is 1.61 bits per heavy atom. The van der Waals surface area contributed by atoms with E-state index in [4.69, 9.17) is 0 Å². The number of benzene rings is 3. The molecular formula is C25H23N5O4S2. The number of sulfonamides is 1. The number of anilines is 2. The number of nitrogens with one attached hydrogen (secondary N) is 3. The van der Waals surface area contributed by atoms with Gasteiger partial charge in [-0.15, -0.1) is 10.2 Å². The molecule has 1 heterocycles. The number of rotatable bonds is 8. The van der Waals surface area contributed by atoms with Crippen LogP contribution in [0, 0.1) is 6.92 Å². The molecule has 0 saturated heterocycles. The SMILES string of the molecule is Cc1cccc(C(=O)Nc2nnc(S(=O)(=O)Nc3ccccc3C(=O)N[C@@H](C)c3ccccc3)s2)c1. The lowest BCUT2D eigenvalue weighted by Gasteiger charge is -2.16. The number of hydrogen-bond donors (Lipinski definition) is 3. The van der Waals surface area contributed by atoms with Gasteiger partial charge in [-0.3, -0.25) is 19.6 Å². The van der Waals surface area contributed by atoms with Crippen molar-refractivity contribution in [1.29, 1.82) is 0 Å². The largest absolute Gasteiger partial charge is 0.345 e. The smallest absolute Gasteiger partial charge is 0.291 e. The fourth-order valence-corrected chi connectivity index (χ4v) is 5.36. The zero-order chi connectivity index (χ0) is 25.7. The minimum atomic E-state index is -4.17. The molecule has 0 saturated carbocycles. The molecular weight excluding hydrogens is 498 g/mol. The van der Waals surface area contributed by atoms with Gasteiger partial charge < -0.3 is 5.32 Å². The molecule has 0 aliphatic carbocycles. The van der Waals surface area contributed by atoms with E-state index in [0.29, 0.717) is 16.9 Å². The summed E-state index contributed by atoms with van der Waals surface area (Å²) in [4.78, 5) is 25.4. The first-order valence-corrected chi connectivity index (χ1v) is 13.2. The second kappa shape index (κ2) is 10.7. The maximum Gasteiger partial charge on any atom is 0.291 e. The average Bonchev–Trinajstić information content (AvgIpc) is 3.34. The Balaban J connectivity index is 1.48. The quantitative estimate of drug-likeness (QED) is 0.295. The molecule has 36 heavy (non-hydrogen) atoms. The lowest BCUT2D eigenvalue weighted by atomic mass is 10.1. The molecule has 9 nitrogen and oxygen atoms in total. The Labute approximate surface area is 212 Å². The molecule has 184 valence electrons. The van der Waals surface area contributed by atoms with Crippen molar-refractivity contribution < 1.29 is 18.0 Å². The standard InChI is InChI=1S/C25H23N5O4S2/c1-16-9-8-12-19(15-16)22(31)27-24-28-29-25(35-24)36(33,34)30-21-14-7-6-13-20(21)23(32)26-17(2)18-10-4-3-5-11-18/h3-15,17,30H,1-2H3,(H,26,32)(H,27,28,31)/t17-/m0/s1. The third kappa shape index (κ3) is 5.93. The predicted octanol–water partition coefficient (Wildman–Crippen LogP) is 4.39. The van der Waals surface area contributed by atoms with Gasteiger partial charge in [0, 0.05) is 5.56 Å². The molecule has 0 unspecified atom stereocenters. The van der Waals surface area contributed by atoms with Crippen LogP contribution < -0.4 is 15.4 Å². The molecule has 3 N–H and O–H groups in total. The van der Waals surface area contributed by atoms with Crippen LogP contribution in [0.25, 0.3) is 0 Å². The highest BCUT2D eigenvalue weighted by molar-refractivity contribution is 7.94. The number of aryl methyl sites for hydroxylation is 1. The van der Waals surface area contributed by atoms with Crippen molar-refractivity contribution in [1.82, 2.24) is 15.5 Å². The molecule has 0 radical (unpaired) electrons. The first kappa shape index (κ1) is 25.0. The van der Waals surface area contributed by atoms with Crippen LogP contribution >= 0.6 is 11.3 Å². The molecule has 0 spiro atoms. The van der Waals surface area contributed by atoms with Crippen LogP contribution in [-0.4, -0.2) is 30.4 Å². The highest BCUT2D eigenvalue weighted by atomic mass is 32.2. The molecule has 0 bridgehead atoms. The van der Waals surface area contributed by atoms with Gasteiger partial charge in [-0.1, -0.05) is 71.5 Å². The van der Waals surface area contributed by atoms with Crippen LogP contribution in [0.1, 0.15) is 44.8 Å². The van der Waals surface area contributed by atoms with Gasteiger partial charge in [0.05, 0.1) is 17.3 Å². The summed E-state index contributed by atoms with van der Waals surface area (Å²) in [5.41, 5.74) is 2.49. The Morgan fingerprint density at radius 1 is 0.889 bits per heavy atom. The molecule has 11 heteroatoms. The van der Waals surface area contributed by atoms with E-state index in [1.54, 1.807) is 30.3 Å². The highest BCUT2D eigenvalue weighted by Gasteiger charge is 2.24. The summed E-state index contributed by atoms with van der Waals surface area (Å²) in [5, 5.41) is 13.0. The topological polar surface area (TPSA) is 130 Å². The van der Waals surface area contributed by atoms with Crippen LogP contribution in [0.5, 0.6) is 0 Å².